The van der Waals surface area contributed by atoms with Crippen molar-refractivity contribution in [1.29, 1.82) is 0 Å². The molecular weight excluding hydrogens is 272 g/mol. The van der Waals surface area contributed by atoms with Crippen LogP contribution >= 0.6 is 0 Å². The van der Waals surface area contributed by atoms with Crippen LogP contribution in [-0.2, 0) is 0 Å². The van der Waals surface area contributed by atoms with E-state index >= 15 is 0 Å². The van der Waals surface area contributed by atoms with Gasteiger partial charge in [-0.25, -0.2) is 0 Å². The topological polar surface area (TPSA) is 21.3 Å². The van der Waals surface area contributed by atoms with Gasteiger partial charge in [0.15, 0.2) is 0 Å². The van der Waals surface area contributed by atoms with E-state index in [-0.39, 0.29) is 11.8 Å². The smallest absolute Gasteiger partial charge is 0.387 e. The summed E-state index contributed by atoms with van der Waals surface area (Å²) in [5.41, 5.74) is 1.13. The van der Waals surface area contributed by atoms with Crippen molar-refractivity contribution in [2.75, 3.05) is 0 Å². The van der Waals surface area contributed by atoms with Crippen LogP contribution in [0.4, 0.5) is 8.78 Å². The molecule has 3 saturated carbocycles. The van der Waals surface area contributed by atoms with Crippen LogP contribution in [0.3, 0.4) is 0 Å². The highest BCUT2D eigenvalue weighted by Crippen LogP contribution is 2.65. The molecule has 0 saturated heterocycles. The summed E-state index contributed by atoms with van der Waals surface area (Å²) >= 11 is 0. The Morgan fingerprint density at radius 2 is 1.71 bits per heavy atom. The Morgan fingerprint density at radius 1 is 1.10 bits per heavy atom. The van der Waals surface area contributed by atoms with E-state index in [1.807, 2.05) is 12.1 Å². The van der Waals surface area contributed by atoms with Crippen molar-refractivity contribution in [3.63, 3.8) is 0 Å². The van der Waals surface area contributed by atoms with Crippen LogP contribution in [0.15, 0.2) is 24.3 Å². The quantitative estimate of drug-likeness (QED) is 0.886. The fourth-order valence-corrected chi connectivity index (χ4v) is 4.87. The van der Waals surface area contributed by atoms with Gasteiger partial charge in [-0.05, 0) is 67.6 Å². The van der Waals surface area contributed by atoms with Gasteiger partial charge in [-0.15, -0.1) is 0 Å². The van der Waals surface area contributed by atoms with Gasteiger partial charge in [-0.1, -0.05) is 12.1 Å². The maximum absolute atomic E-state index is 12.1. The molecule has 1 N–H and O–H groups in total. The van der Waals surface area contributed by atoms with Gasteiger partial charge in [0.2, 0.25) is 0 Å². The molecule has 4 heteroatoms. The fourth-order valence-electron chi connectivity index (χ4n) is 4.87. The second kappa shape index (κ2) is 4.94. The number of fused-ring (bicyclic) bond motifs is 5. The molecule has 0 heterocycles. The Morgan fingerprint density at radius 3 is 2.29 bits per heavy atom. The van der Waals surface area contributed by atoms with Gasteiger partial charge in [0.1, 0.15) is 5.75 Å². The van der Waals surface area contributed by atoms with Gasteiger partial charge in [0, 0.05) is 12.1 Å². The maximum atomic E-state index is 12.1. The monoisotopic (exact) mass is 293 g/mol. The molecule has 3 aliphatic rings. The number of hydrogen-bond acceptors (Lipinski definition) is 2. The first-order chi connectivity index (χ1) is 10.1. The Kier molecular flexibility index (Phi) is 3.18. The molecule has 5 unspecified atom stereocenters. The molecule has 3 aliphatic carbocycles. The molecule has 114 valence electrons. The summed E-state index contributed by atoms with van der Waals surface area (Å²) in [5, 5.41) is 3.74. The first-order valence-electron chi connectivity index (χ1n) is 7.94. The van der Waals surface area contributed by atoms with Gasteiger partial charge < -0.3 is 10.1 Å². The van der Waals surface area contributed by atoms with Crippen LogP contribution in [0.1, 0.15) is 37.8 Å². The van der Waals surface area contributed by atoms with E-state index in [1.165, 1.54) is 19.3 Å². The lowest BCUT2D eigenvalue weighted by molar-refractivity contribution is -0.0498. The number of rotatable bonds is 5. The lowest BCUT2D eigenvalue weighted by atomic mass is 10.0. The Balaban J connectivity index is 1.36. The molecule has 0 radical (unpaired) electrons. The Labute approximate surface area is 123 Å². The highest BCUT2D eigenvalue weighted by molar-refractivity contribution is 5.29. The molecule has 5 atom stereocenters. The van der Waals surface area contributed by atoms with E-state index in [2.05, 4.69) is 17.0 Å². The van der Waals surface area contributed by atoms with Crippen molar-refractivity contribution < 1.29 is 13.5 Å². The first kappa shape index (κ1) is 13.5. The maximum Gasteiger partial charge on any atom is 0.387 e. The van der Waals surface area contributed by atoms with Crippen molar-refractivity contribution in [1.82, 2.24) is 5.32 Å². The second-order valence-corrected chi connectivity index (χ2v) is 6.85. The molecule has 0 aromatic heterocycles. The molecule has 0 aliphatic heterocycles. The summed E-state index contributed by atoms with van der Waals surface area (Å²) in [4.78, 5) is 0. The highest BCUT2D eigenvalue weighted by Gasteiger charge is 2.64. The summed E-state index contributed by atoms with van der Waals surface area (Å²) in [6, 6.07) is 7.95. The summed E-state index contributed by atoms with van der Waals surface area (Å²) in [5.74, 6) is 3.97. The molecule has 1 aromatic carbocycles. The molecule has 1 aromatic rings. The summed E-state index contributed by atoms with van der Waals surface area (Å²) < 4.78 is 28.7. The lowest BCUT2D eigenvalue weighted by Gasteiger charge is -2.18. The molecule has 0 spiro atoms. The van der Waals surface area contributed by atoms with Gasteiger partial charge in [-0.3, -0.25) is 0 Å². The molecule has 2 nitrogen and oxygen atoms in total. The van der Waals surface area contributed by atoms with Crippen LogP contribution in [0, 0.1) is 23.7 Å². The third-order valence-corrected chi connectivity index (χ3v) is 5.78. The van der Waals surface area contributed by atoms with Gasteiger partial charge in [0.25, 0.3) is 0 Å². The Hall–Kier alpha value is -1.16. The predicted molar refractivity (Wildman–Crippen MR) is 76.2 cm³/mol. The normalized spacial score (nSPS) is 37.6. The fraction of sp³-hybridized carbons (Fsp3) is 0.647. The molecule has 4 rings (SSSR count). The van der Waals surface area contributed by atoms with Crippen LogP contribution in [-0.4, -0.2) is 12.7 Å². The van der Waals surface area contributed by atoms with Crippen molar-refractivity contribution >= 4 is 0 Å². The van der Waals surface area contributed by atoms with Gasteiger partial charge in [-0.2, -0.15) is 8.78 Å². The first-order valence-corrected chi connectivity index (χ1v) is 7.94. The SMILES string of the molecule is CC(NC1C2C3CCC(C3)C12)c1ccc(OC(F)F)cc1. The minimum absolute atomic E-state index is 0.224. The zero-order valence-corrected chi connectivity index (χ0v) is 12.1. The number of halogens is 2. The minimum atomic E-state index is -2.76. The van der Waals surface area contributed by atoms with Crippen LogP contribution < -0.4 is 10.1 Å². The number of ether oxygens (including phenoxy) is 1. The summed E-state index contributed by atoms with van der Waals surface area (Å²) in [6.45, 7) is -0.605. The standard InChI is InChI=1S/C17H21F2NO/c1-9(10-4-6-13(7-5-10)21-17(18)19)20-16-14-11-2-3-12(8-11)15(14)16/h4-7,9,11-12,14-17,20H,2-3,8H2,1H3. The average molecular weight is 293 g/mol. The molecular formula is C17H21F2NO. The highest BCUT2D eigenvalue weighted by atomic mass is 19.3. The number of benzene rings is 1. The second-order valence-electron chi connectivity index (χ2n) is 6.85. The third kappa shape index (κ3) is 2.33. The largest absolute Gasteiger partial charge is 0.435 e. The van der Waals surface area contributed by atoms with Crippen molar-refractivity contribution in [2.45, 2.75) is 44.9 Å². The van der Waals surface area contributed by atoms with E-state index in [9.17, 15) is 8.78 Å². The lowest BCUT2D eigenvalue weighted by Crippen LogP contribution is -2.26. The van der Waals surface area contributed by atoms with Crippen molar-refractivity contribution in [3.8, 4) is 5.75 Å². The summed E-state index contributed by atoms with van der Waals surface area (Å²) in [7, 11) is 0. The molecule has 3 fully saturated rings. The van der Waals surface area contributed by atoms with Crippen molar-refractivity contribution in [2.24, 2.45) is 23.7 Å². The van der Waals surface area contributed by atoms with Crippen LogP contribution in [0.25, 0.3) is 0 Å². The van der Waals surface area contributed by atoms with E-state index in [1.54, 1.807) is 12.1 Å². The summed E-state index contributed by atoms with van der Waals surface area (Å²) in [6.07, 6.45) is 4.32. The van der Waals surface area contributed by atoms with Crippen LogP contribution in [0.5, 0.6) is 5.75 Å². The molecule has 21 heavy (non-hydrogen) atoms. The van der Waals surface area contributed by atoms with E-state index in [0.29, 0.717) is 6.04 Å². The Bertz CT molecular complexity index is 502. The molecule has 2 bridgehead atoms. The van der Waals surface area contributed by atoms with E-state index in [4.69, 9.17) is 0 Å². The van der Waals surface area contributed by atoms with E-state index in [0.717, 1.165) is 29.2 Å². The zero-order chi connectivity index (χ0) is 14.6. The van der Waals surface area contributed by atoms with Gasteiger partial charge in [0.05, 0.1) is 0 Å². The third-order valence-electron chi connectivity index (χ3n) is 5.78. The van der Waals surface area contributed by atoms with Crippen molar-refractivity contribution in [3.05, 3.63) is 29.8 Å². The average Bonchev–Trinajstić information content (AvgIpc) is 2.83. The van der Waals surface area contributed by atoms with E-state index < -0.39 is 6.61 Å². The number of hydrogen-bond donors (Lipinski definition) is 1. The zero-order valence-electron chi connectivity index (χ0n) is 12.1. The predicted octanol–water partition coefficient (Wildman–Crippen LogP) is 3.98. The number of alkyl halides is 2. The minimum Gasteiger partial charge on any atom is -0.435 e. The van der Waals surface area contributed by atoms with Crippen LogP contribution in [0.2, 0.25) is 0 Å². The molecule has 0 amide bonds. The number of nitrogens with one attached hydrogen (secondary N) is 1. The van der Waals surface area contributed by atoms with Gasteiger partial charge >= 0.3 is 6.61 Å².